The van der Waals surface area contributed by atoms with Crippen molar-refractivity contribution in [1.82, 2.24) is 14.5 Å². The minimum atomic E-state index is -1.82. The number of imidazole rings is 1. The average Bonchev–Trinajstić information content (AvgIpc) is 3.25. The van der Waals surface area contributed by atoms with E-state index in [1.165, 1.54) is 0 Å². The number of fused-ring (bicyclic) bond motifs is 1. The molecule has 4 N–H and O–H groups in total. The number of aryl methyl sites for hydroxylation is 1. The van der Waals surface area contributed by atoms with Crippen molar-refractivity contribution in [2.45, 2.75) is 44.3 Å². The van der Waals surface area contributed by atoms with Gasteiger partial charge in [0.15, 0.2) is 0 Å². The van der Waals surface area contributed by atoms with Crippen LogP contribution in [0.4, 0.5) is 0 Å². The largest absolute Gasteiger partial charge is 0.473 e. The van der Waals surface area contributed by atoms with Crippen LogP contribution >= 0.6 is 0 Å². The van der Waals surface area contributed by atoms with Crippen molar-refractivity contribution in [1.29, 1.82) is 0 Å². The van der Waals surface area contributed by atoms with Gasteiger partial charge in [-0.3, -0.25) is 0 Å². The average molecular weight is 521 g/mol. The zero-order valence-electron chi connectivity index (χ0n) is 22.0. The quantitative estimate of drug-likeness (QED) is 0.245. The summed E-state index contributed by atoms with van der Waals surface area (Å²) in [5.41, 5.74) is 9.83. The van der Waals surface area contributed by atoms with Crippen molar-refractivity contribution in [3.8, 4) is 11.8 Å². The van der Waals surface area contributed by atoms with E-state index in [0.717, 1.165) is 79.7 Å². The summed E-state index contributed by atoms with van der Waals surface area (Å²) < 4.78 is 8.93. The molecule has 0 bridgehead atoms. The van der Waals surface area contributed by atoms with E-state index in [2.05, 4.69) is 77.9 Å². The number of carboxylic acid groups (broad SMARTS) is 2. The summed E-state index contributed by atoms with van der Waals surface area (Å²) in [7, 11) is 4.26. The second-order valence-corrected chi connectivity index (χ2v) is 9.32. The van der Waals surface area contributed by atoms with E-state index in [-0.39, 0.29) is 12.2 Å². The molecule has 1 aromatic heterocycles. The Morgan fingerprint density at radius 3 is 2.45 bits per heavy atom. The molecule has 202 valence electrons. The van der Waals surface area contributed by atoms with Crippen molar-refractivity contribution >= 4 is 23.0 Å². The number of hydrogen-bond acceptors (Lipinski definition) is 6. The Balaban J connectivity index is 0.000000599. The van der Waals surface area contributed by atoms with Crippen molar-refractivity contribution in [2.75, 3.05) is 26.7 Å². The summed E-state index contributed by atoms with van der Waals surface area (Å²) in [6.45, 7) is 2.85. The molecule has 1 unspecified atom stereocenters. The highest BCUT2D eigenvalue weighted by Gasteiger charge is 2.27. The Morgan fingerprint density at radius 2 is 1.79 bits per heavy atom. The molecule has 1 atom stereocenters. The first-order valence-corrected chi connectivity index (χ1v) is 12.8. The van der Waals surface area contributed by atoms with Crippen LogP contribution in [0, 0.1) is 11.8 Å². The minimum Gasteiger partial charge on any atom is -0.473 e. The molecule has 1 aliphatic heterocycles. The van der Waals surface area contributed by atoms with Crippen LogP contribution in [0.5, 0.6) is 0 Å². The van der Waals surface area contributed by atoms with Crippen LogP contribution in [0.15, 0.2) is 48.5 Å². The van der Waals surface area contributed by atoms with Gasteiger partial charge in [0, 0.05) is 32.1 Å². The zero-order valence-corrected chi connectivity index (χ0v) is 22.0. The summed E-state index contributed by atoms with van der Waals surface area (Å²) >= 11 is 0. The molecule has 1 aliphatic rings. The lowest BCUT2D eigenvalue weighted by molar-refractivity contribution is -0.159. The topological polar surface area (TPSA) is 131 Å². The first-order valence-electron chi connectivity index (χ1n) is 12.8. The molecule has 0 radical (unpaired) electrons. The van der Waals surface area contributed by atoms with Gasteiger partial charge in [0.2, 0.25) is 0 Å². The monoisotopic (exact) mass is 520 g/mol. The van der Waals surface area contributed by atoms with E-state index in [4.69, 9.17) is 35.3 Å². The van der Waals surface area contributed by atoms with Crippen LogP contribution in [0.3, 0.4) is 0 Å². The number of aliphatic carboxylic acids is 2. The zero-order chi connectivity index (χ0) is 27.5. The first-order chi connectivity index (χ1) is 18.3. The van der Waals surface area contributed by atoms with Crippen molar-refractivity contribution in [2.24, 2.45) is 12.8 Å². The number of unbranched alkanes of at least 4 members (excludes halogenated alkanes) is 2. The van der Waals surface area contributed by atoms with Gasteiger partial charge in [0.1, 0.15) is 11.9 Å². The normalized spacial score (nSPS) is 14.7. The highest BCUT2D eigenvalue weighted by molar-refractivity contribution is 6.27. The Bertz CT molecular complexity index is 1270. The van der Waals surface area contributed by atoms with Crippen molar-refractivity contribution in [3.63, 3.8) is 0 Å². The number of hydrogen-bond donors (Lipinski definition) is 3. The maximum Gasteiger partial charge on any atom is 0.414 e. The highest BCUT2D eigenvalue weighted by Crippen LogP contribution is 2.31. The fourth-order valence-corrected chi connectivity index (χ4v) is 4.30. The summed E-state index contributed by atoms with van der Waals surface area (Å²) in [6.07, 6.45) is 5.03. The van der Waals surface area contributed by atoms with E-state index in [0.29, 0.717) is 0 Å². The summed E-state index contributed by atoms with van der Waals surface area (Å²) in [4.78, 5) is 25.5. The Hall–Kier alpha value is -3.71. The summed E-state index contributed by atoms with van der Waals surface area (Å²) in [5.74, 6) is 3.90. The molecular formula is C29H36N4O5. The number of carbonyl (C=O) groups is 2. The number of aromatic nitrogens is 2. The van der Waals surface area contributed by atoms with E-state index in [1.54, 1.807) is 0 Å². The number of para-hydroxylation sites is 2. The predicted octanol–water partition coefficient (Wildman–Crippen LogP) is 3.41. The van der Waals surface area contributed by atoms with Gasteiger partial charge in [-0.1, -0.05) is 36.1 Å². The second-order valence-electron chi connectivity index (χ2n) is 9.32. The number of nitrogens with two attached hydrogens (primary N) is 1. The molecule has 4 rings (SSSR count). The highest BCUT2D eigenvalue weighted by atomic mass is 16.5. The van der Waals surface area contributed by atoms with Crippen molar-refractivity contribution in [3.05, 3.63) is 65.5 Å². The van der Waals surface area contributed by atoms with Crippen molar-refractivity contribution < 1.29 is 24.5 Å². The van der Waals surface area contributed by atoms with Gasteiger partial charge in [-0.15, -0.1) is 0 Å². The molecule has 0 aliphatic carbocycles. The third kappa shape index (κ3) is 8.15. The number of likely N-dealkylation sites (tertiary alicyclic amines) is 1. The lowest BCUT2D eigenvalue weighted by Gasteiger charge is -2.32. The molecule has 2 heterocycles. The molecule has 3 aromatic rings. The lowest BCUT2D eigenvalue weighted by Crippen LogP contribution is -2.35. The Labute approximate surface area is 223 Å². The maximum atomic E-state index is 9.10. The molecule has 38 heavy (non-hydrogen) atoms. The number of benzene rings is 2. The third-order valence-corrected chi connectivity index (χ3v) is 6.41. The van der Waals surface area contributed by atoms with Gasteiger partial charge in [-0.2, -0.15) is 0 Å². The van der Waals surface area contributed by atoms with Crippen LogP contribution in [0.25, 0.3) is 11.0 Å². The fraction of sp³-hybridized carbons (Fsp3) is 0.414. The number of ether oxygens (including phenoxy) is 1. The minimum absolute atomic E-state index is 0.222. The molecule has 1 saturated heterocycles. The molecule has 0 spiro atoms. The van der Waals surface area contributed by atoms with Gasteiger partial charge in [0.05, 0.1) is 17.1 Å². The van der Waals surface area contributed by atoms with Gasteiger partial charge < -0.3 is 30.2 Å². The van der Waals surface area contributed by atoms with Gasteiger partial charge >= 0.3 is 11.9 Å². The standard InChI is InChI=1S/C27H34N4O.C2H2O4/c1-30-18-15-23(16-19-30)32-26(27-29-24-13-6-7-14-25(24)31(27)2)22-12-9-11-21(20-22)10-5-3-4-8-17-28;3-1(4)2(5)6/h6-7,9,11-14,20,23,26H,3-4,8,15-19,28H2,1-2H3;(H,3,4)(H,5,6). The van der Waals surface area contributed by atoms with E-state index in [9.17, 15) is 0 Å². The number of nitrogens with zero attached hydrogens (tertiary/aromatic N) is 3. The van der Waals surface area contributed by atoms with Gasteiger partial charge in [0.25, 0.3) is 0 Å². The van der Waals surface area contributed by atoms with E-state index < -0.39 is 11.9 Å². The number of carboxylic acids is 2. The van der Waals surface area contributed by atoms with Crippen LogP contribution < -0.4 is 5.73 Å². The molecule has 9 nitrogen and oxygen atoms in total. The smallest absolute Gasteiger partial charge is 0.414 e. The lowest BCUT2D eigenvalue weighted by atomic mass is 10.0. The fourth-order valence-electron chi connectivity index (χ4n) is 4.30. The Morgan fingerprint density at radius 1 is 1.08 bits per heavy atom. The summed E-state index contributed by atoms with van der Waals surface area (Å²) in [5, 5.41) is 14.8. The second kappa shape index (κ2) is 14.3. The molecule has 0 saturated carbocycles. The number of piperidine rings is 1. The van der Waals surface area contributed by atoms with Gasteiger partial charge in [-0.25, -0.2) is 14.6 Å². The number of rotatable bonds is 7. The molecular weight excluding hydrogens is 484 g/mol. The third-order valence-electron chi connectivity index (χ3n) is 6.41. The molecule has 0 amide bonds. The maximum absolute atomic E-state index is 9.10. The molecule has 2 aromatic carbocycles. The first kappa shape index (κ1) is 28.9. The SMILES string of the molecule is CN1CCC(OC(c2cccc(C#CCCCCN)c2)c2nc3ccccc3n2C)CC1.O=C(O)C(=O)O. The van der Waals surface area contributed by atoms with Crippen LogP contribution in [0.1, 0.15) is 55.2 Å². The van der Waals surface area contributed by atoms with Crippen LogP contribution in [-0.4, -0.2) is 69.4 Å². The van der Waals surface area contributed by atoms with Crippen LogP contribution in [-0.2, 0) is 21.4 Å². The molecule has 9 heteroatoms. The van der Waals surface area contributed by atoms with Gasteiger partial charge in [-0.05, 0) is 69.1 Å². The van der Waals surface area contributed by atoms with E-state index in [1.807, 2.05) is 6.07 Å². The van der Waals surface area contributed by atoms with E-state index >= 15 is 0 Å². The Kier molecular flexibility index (Phi) is 10.8. The van der Waals surface area contributed by atoms with Crippen LogP contribution in [0.2, 0.25) is 0 Å². The predicted molar refractivity (Wildman–Crippen MR) is 146 cm³/mol. The summed E-state index contributed by atoms with van der Waals surface area (Å²) in [6, 6.07) is 16.7. The molecule has 1 fully saturated rings.